The molecule has 2 amide bonds. The Balaban J connectivity index is 4.05. The molecule has 0 aliphatic heterocycles. The van der Waals surface area contributed by atoms with Crippen molar-refractivity contribution < 1.29 is 9.59 Å². The van der Waals surface area contributed by atoms with Crippen LogP contribution < -0.4 is 5.73 Å². The second-order valence-electron chi connectivity index (χ2n) is 2.10. The number of rotatable bonds is 4. The molecule has 4 nitrogen and oxygen atoms in total. The summed E-state index contributed by atoms with van der Waals surface area (Å²) >= 11 is 0. The number of nitrogens with two attached hydrogens (primary N) is 1. The molecule has 0 saturated carbocycles. The van der Waals surface area contributed by atoms with Gasteiger partial charge in [-0.05, 0) is 6.42 Å². The van der Waals surface area contributed by atoms with E-state index in [0.717, 1.165) is 0 Å². The van der Waals surface area contributed by atoms with Crippen molar-refractivity contribution in [3.8, 4) is 0 Å². The summed E-state index contributed by atoms with van der Waals surface area (Å²) in [5, 5.41) is 0. The van der Waals surface area contributed by atoms with Crippen LogP contribution in [0.25, 0.3) is 0 Å². The zero-order valence-corrected chi connectivity index (χ0v) is 6.20. The average molecular weight is 144 g/mol. The molecule has 1 unspecified atom stereocenters. The number of nitrogens with zero attached hydrogens (tertiary/aromatic N) is 1. The van der Waals surface area contributed by atoms with Crippen molar-refractivity contribution in [2.24, 2.45) is 5.73 Å². The smallest absolute Gasteiger partial charge is 0.240 e. The van der Waals surface area contributed by atoms with Crippen LogP contribution in [0.5, 0.6) is 0 Å². The van der Waals surface area contributed by atoms with Gasteiger partial charge in [-0.25, -0.2) is 0 Å². The van der Waals surface area contributed by atoms with E-state index in [0.29, 0.717) is 12.8 Å². The van der Waals surface area contributed by atoms with Crippen LogP contribution in [-0.4, -0.2) is 30.3 Å². The highest BCUT2D eigenvalue weighted by Gasteiger charge is 2.15. The first-order valence-corrected chi connectivity index (χ1v) is 3.10. The van der Waals surface area contributed by atoms with Gasteiger partial charge in [0.2, 0.25) is 12.3 Å². The Bertz CT molecular complexity index is 136. The Kier molecular flexibility index (Phi) is 3.46. The molecule has 1 atom stereocenters. The Labute approximate surface area is 60.0 Å². The molecular weight excluding hydrogens is 132 g/mol. The first-order chi connectivity index (χ1) is 4.63. The molecule has 0 rings (SSSR count). The van der Waals surface area contributed by atoms with E-state index in [-0.39, 0.29) is 0 Å². The number of hydrogen-bond donors (Lipinski definition) is 1. The fourth-order valence-corrected chi connectivity index (χ4v) is 0.763. The lowest BCUT2D eigenvalue weighted by Gasteiger charge is -2.18. The van der Waals surface area contributed by atoms with Crippen LogP contribution in [0.4, 0.5) is 0 Å². The van der Waals surface area contributed by atoms with Crippen LogP contribution in [0.3, 0.4) is 0 Å². The number of primary amides is 1. The van der Waals surface area contributed by atoms with E-state index in [9.17, 15) is 9.59 Å². The van der Waals surface area contributed by atoms with Crippen LogP contribution in [0.1, 0.15) is 13.3 Å². The SMILES string of the molecule is CCC(C(N)=O)N(C)C=O. The summed E-state index contributed by atoms with van der Waals surface area (Å²) < 4.78 is 0. The minimum Gasteiger partial charge on any atom is -0.368 e. The predicted molar refractivity (Wildman–Crippen MR) is 37.1 cm³/mol. The molecule has 0 aromatic rings. The number of likely N-dealkylation sites (N-methyl/N-ethyl adjacent to an activating group) is 1. The zero-order chi connectivity index (χ0) is 8.15. The number of hydrogen-bond acceptors (Lipinski definition) is 2. The lowest BCUT2D eigenvalue weighted by atomic mass is 10.2. The maximum atomic E-state index is 10.6. The second-order valence-corrected chi connectivity index (χ2v) is 2.10. The van der Waals surface area contributed by atoms with Crippen LogP contribution in [0.15, 0.2) is 0 Å². The van der Waals surface area contributed by atoms with Crippen molar-refractivity contribution in [3.05, 3.63) is 0 Å². The Hall–Kier alpha value is -1.06. The molecule has 2 N–H and O–H groups in total. The molecule has 0 aliphatic carbocycles. The van der Waals surface area contributed by atoms with Crippen LogP contribution in [0.2, 0.25) is 0 Å². The number of carbonyl (C=O) groups is 2. The van der Waals surface area contributed by atoms with E-state index in [1.807, 2.05) is 0 Å². The van der Waals surface area contributed by atoms with Crippen molar-refractivity contribution >= 4 is 12.3 Å². The summed E-state index contributed by atoms with van der Waals surface area (Å²) in [4.78, 5) is 21.9. The first-order valence-electron chi connectivity index (χ1n) is 3.10. The molecule has 0 spiro atoms. The minimum absolute atomic E-state index is 0.461. The summed E-state index contributed by atoms with van der Waals surface area (Å²) in [6, 6.07) is -0.461. The number of amides is 2. The van der Waals surface area contributed by atoms with Gasteiger partial charge in [0.05, 0.1) is 0 Å². The molecule has 4 heteroatoms. The van der Waals surface area contributed by atoms with Gasteiger partial charge in [0.1, 0.15) is 6.04 Å². The molecule has 0 aromatic carbocycles. The molecule has 58 valence electrons. The van der Waals surface area contributed by atoms with Gasteiger partial charge in [-0.2, -0.15) is 0 Å². The molecule has 0 radical (unpaired) electrons. The Morgan fingerprint density at radius 2 is 2.30 bits per heavy atom. The van der Waals surface area contributed by atoms with Crippen molar-refractivity contribution in [3.63, 3.8) is 0 Å². The molecule has 0 bridgehead atoms. The normalized spacial score (nSPS) is 12.2. The van der Waals surface area contributed by atoms with Gasteiger partial charge < -0.3 is 10.6 Å². The second kappa shape index (κ2) is 3.87. The molecule has 0 saturated heterocycles. The molecule has 0 aliphatic rings. The first kappa shape index (κ1) is 8.94. The van der Waals surface area contributed by atoms with Gasteiger partial charge in [-0.3, -0.25) is 9.59 Å². The van der Waals surface area contributed by atoms with Crippen LogP contribution >= 0.6 is 0 Å². The van der Waals surface area contributed by atoms with Crippen LogP contribution in [-0.2, 0) is 9.59 Å². The lowest BCUT2D eigenvalue weighted by Crippen LogP contribution is -2.41. The maximum absolute atomic E-state index is 10.6. The molecule has 0 heterocycles. The third kappa shape index (κ3) is 2.05. The molecular formula is C6H12N2O2. The van der Waals surface area contributed by atoms with Gasteiger partial charge in [0.15, 0.2) is 0 Å². The third-order valence-electron chi connectivity index (χ3n) is 1.37. The highest BCUT2D eigenvalue weighted by atomic mass is 16.2. The van der Waals surface area contributed by atoms with E-state index in [1.165, 1.54) is 11.9 Å². The van der Waals surface area contributed by atoms with Crippen molar-refractivity contribution in [1.29, 1.82) is 0 Å². The predicted octanol–water partition coefficient (Wildman–Crippen LogP) is -0.662. The van der Waals surface area contributed by atoms with Gasteiger partial charge in [-0.1, -0.05) is 6.92 Å². The van der Waals surface area contributed by atoms with Gasteiger partial charge in [0.25, 0.3) is 0 Å². The minimum atomic E-state index is -0.461. The Morgan fingerprint density at radius 1 is 1.80 bits per heavy atom. The molecule has 0 fully saturated rings. The van der Waals surface area contributed by atoms with E-state index in [1.54, 1.807) is 6.92 Å². The average Bonchev–Trinajstić information content (AvgIpc) is 1.88. The standard InChI is InChI=1S/C6H12N2O2/c1-3-5(6(7)10)8(2)4-9/h4-5H,3H2,1-2H3,(H2,7,10). The van der Waals surface area contributed by atoms with E-state index < -0.39 is 11.9 Å². The lowest BCUT2D eigenvalue weighted by molar-refractivity contribution is -0.129. The third-order valence-corrected chi connectivity index (χ3v) is 1.37. The van der Waals surface area contributed by atoms with Crippen LogP contribution in [0, 0.1) is 0 Å². The Morgan fingerprint density at radius 3 is 2.40 bits per heavy atom. The topological polar surface area (TPSA) is 63.4 Å². The summed E-state index contributed by atoms with van der Waals surface area (Å²) in [6.45, 7) is 1.80. The molecule has 0 aromatic heterocycles. The quantitative estimate of drug-likeness (QED) is 0.532. The highest BCUT2D eigenvalue weighted by molar-refractivity contribution is 5.81. The van der Waals surface area contributed by atoms with Gasteiger partial charge in [0, 0.05) is 7.05 Å². The summed E-state index contributed by atoms with van der Waals surface area (Å²) in [6.07, 6.45) is 1.16. The van der Waals surface area contributed by atoms with E-state index in [4.69, 9.17) is 5.73 Å². The summed E-state index contributed by atoms with van der Waals surface area (Å²) in [7, 11) is 1.53. The van der Waals surface area contributed by atoms with Gasteiger partial charge >= 0.3 is 0 Å². The van der Waals surface area contributed by atoms with E-state index in [2.05, 4.69) is 0 Å². The number of carbonyl (C=O) groups excluding carboxylic acids is 2. The molecule has 10 heavy (non-hydrogen) atoms. The monoisotopic (exact) mass is 144 g/mol. The van der Waals surface area contributed by atoms with Crippen molar-refractivity contribution in [1.82, 2.24) is 4.90 Å². The van der Waals surface area contributed by atoms with E-state index >= 15 is 0 Å². The highest BCUT2D eigenvalue weighted by Crippen LogP contribution is 1.96. The fourth-order valence-electron chi connectivity index (χ4n) is 0.763. The van der Waals surface area contributed by atoms with Crippen molar-refractivity contribution in [2.75, 3.05) is 7.05 Å². The van der Waals surface area contributed by atoms with Gasteiger partial charge in [-0.15, -0.1) is 0 Å². The zero-order valence-electron chi connectivity index (χ0n) is 6.20. The summed E-state index contributed by atoms with van der Waals surface area (Å²) in [5.74, 6) is -0.461. The largest absolute Gasteiger partial charge is 0.368 e. The fraction of sp³-hybridized carbons (Fsp3) is 0.667. The summed E-state index contributed by atoms with van der Waals surface area (Å²) in [5.41, 5.74) is 4.98. The maximum Gasteiger partial charge on any atom is 0.240 e. The van der Waals surface area contributed by atoms with Crippen molar-refractivity contribution in [2.45, 2.75) is 19.4 Å².